The summed E-state index contributed by atoms with van der Waals surface area (Å²) in [5.74, 6) is -0.299. The first kappa shape index (κ1) is 19.5. The molecule has 0 unspecified atom stereocenters. The Kier molecular flexibility index (Phi) is 5.32. The highest BCUT2D eigenvalue weighted by Crippen LogP contribution is 2.36. The van der Waals surface area contributed by atoms with Gasteiger partial charge in [-0.05, 0) is 73.7 Å². The third kappa shape index (κ3) is 3.62. The molecular weight excluding hydrogens is 371 g/mol. The van der Waals surface area contributed by atoms with E-state index in [0.717, 1.165) is 42.6 Å². The number of hydrogen-bond donors (Lipinski definition) is 1. The number of methoxy groups -OCH3 is 1. The summed E-state index contributed by atoms with van der Waals surface area (Å²) in [5, 5.41) is 9.22. The van der Waals surface area contributed by atoms with Gasteiger partial charge in [-0.3, -0.25) is 0 Å². The fraction of sp³-hybridized carbons (Fsp3) is 0.409. The number of benzene rings is 1. The maximum atomic E-state index is 13.5. The minimum absolute atomic E-state index is 0.172. The predicted octanol–water partition coefficient (Wildman–Crippen LogP) is 3.94. The molecule has 0 radical (unpaired) electrons. The van der Waals surface area contributed by atoms with Crippen molar-refractivity contribution in [1.82, 2.24) is 20.1 Å². The number of aromatic nitrogens is 3. The Morgan fingerprint density at radius 2 is 1.93 bits per heavy atom. The molecule has 1 aromatic carbocycles. The molecule has 1 saturated heterocycles. The molecule has 4 rings (SSSR count). The second-order valence-electron chi connectivity index (χ2n) is 7.74. The zero-order chi connectivity index (χ0) is 20.5. The number of rotatable bonds is 4. The van der Waals surface area contributed by atoms with Crippen LogP contribution in [0.1, 0.15) is 60.3 Å². The number of pyridine rings is 1. The van der Waals surface area contributed by atoms with Crippen molar-refractivity contribution >= 4 is 17.0 Å². The Labute approximate surface area is 169 Å². The van der Waals surface area contributed by atoms with Crippen LogP contribution in [0.15, 0.2) is 30.3 Å². The molecule has 1 aliphatic heterocycles. The van der Waals surface area contributed by atoms with Crippen molar-refractivity contribution in [3.8, 4) is 5.69 Å². The number of esters is 1. The van der Waals surface area contributed by atoms with Gasteiger partial charge in [0.15, 0.2) is 11.3 Å². The summed E-state index contributed by atoms with van der Waals surface area (Å²) < 4.78 is 20.1. The van der Waals surface area contributed by atoms with Crippen LogP contribution in [0.5, 0.6) is 0 Å². The molecule has 0 amide bonds. The molecule has 1 aliphatic rings. The number of carbonyl (C=O) groups excluding carboxylic acids is 1. The Morgan fingerprint density at radius 1 is 1.24 bits per heavy atom. The van der Waals surface area contributed by atoms with E-state index in [2.05, 4.69) is 24.1 Å². The molecule has 2 aromatic heterocycles. The van der Waals surface area contributed by atoms with Crippen LogP contribution in [-0.2, 0) is 4.74 Å². The number of nitrogens with one attached hydrogen (secondary N) is 1. The zero-order valence-electron chi connectivity index (χ0n) is 16.9. The third-order valence-electron chi connectivity index (χ3n) is 5.49. The molecule has 0 spiro atoms. The van der Waals surface area contributed by atoms with Gasteiger partial charge < -0.3 is 10.1 Å². The fourth-order valence-electron chi connectivity index (χ4n) is 4.00. The van der Waals surface area contributed by atoms with Gasteiger partial charge in [-0.2, -0.15) is 5.10 Å². The lowest BCUT2D eigenvalue weighted by molar-refractivity contribution is 0.0594. The molecule has 1 N–H and O–H groups in total. The Hall–Kier alpha value is -2.80. The van der Waals surface area contributed by atoms with Gasteiger partial charge in [0.2, 0.25) is 0 Å². The van der Waals surface area contributed by atoms with Gasteiger partial charge in [0, 0.05) is 5.39 Å². The fourth-order valence-corrected chi connectivity index (χ4v) is 4.00. The molecular formula is C22H25FN4O2. The molecule has 3 aromatic rings. The van der Waals surface area contributed by atoms with Gasteiger partial charge in [-0.15, -0.1) is 0 Å². The normalized spacial score (nSPS) is 15.2. The van der Waals surface area contributed by atoms with Crippen LogP contribution in [0.3, 0.4) is 0 Å². The number of halogens is 1. The summed E-state index contributed by atoms with van der Waals surface area (Å²) in [6.45, 7) is 6.06. The summed E-state index contributed by atoms with van der Waals surface area (Å²) in [5.41, 5.74) is 3.61. The van der Waals surface area contributed by atoms with Crippen LogP contribution in [0.2, 0.25) is 0 Å². The largest absolute Gasteiger partial charge is 0.464 e. The van der Waals surface area contributed by atoms with Crippen LogP contribution < -0.4 is 5.32 Å². The maximum Gasteiger partial charge on any atom is 0.356 e. The SMILES string of the molecule is COC(=O)c1cc(C2CCNCC2)c2c(C(C)C)nn(-c3ccc(F)cc3)c2n1. The van der Waals surface area contributed by atoms with E-state index in [1.807, 2.05) is 6.07 Å². The van der Waals surface area contributed by atoms with Crippen LogP contribution in [0.25, 0.3) is 16.7 Å². The van der Waals surface area contributed by atoms with Crippen LogP contribution in [0, 0.1) is 5.82 Å². The summed E-state index contributed by atoms with van der Waals surface area (Å²) in [6.07, 6.45) is 1.97. The van der Waals surface area contributed by atoms with E-state index in [0.29, 0.717) is 17.3 Å². The molecule has 1 fully saturated rings. The average molecular weight is 396 g/mol. The van der Waals surface area contributed by atoms with Crippen molar-refractivity contribution in [2.45, 2.75) is 38.5 Å². The number of piperidine rings is 1. The first-order chi connectivity index (χ1) is 14.0. The van der Waals surface area contributed by atoms with Crippen molar-refractivity contribution in [3.63, 3.8) is 0 Å². The van der Waals surface area contributed by atoms with E-state index in [4.69, 9.17) is 9.84 Å². The van der Waals surface area contributed by atoms with Gasteiger partial charge in [0.25, 0.3) is 0 Å². The standard InChI is InChI=1S/C22H25FN4O2/c1-13(2)20-19-17(14-8-10-24-11-9-14)12-18(22(28)29-3)25-21(19)27(26-20)16-6-4-15(23)5-7-16/h4-7,12-14,24H,8-11H2,1-3H3. The van der Waals surface area contributed by atoms with E-state index in [1.165, 1.54) is 19.2 Å². The van der Waals surface area contributed by atoms with E-state index in [9.17, 15) is 9.18 Å². The maximum absolute atomic E-state index is 13.5. The van der Waals surface area contributed by atoms with Gasteiger partial charge in [-0.25, -0.2) is 18.9 Å². The molecule has 3 heterocycles. The first-order valence-corrected chi connectivity index (χ1v) is 9.98. The van der Waals surface area contributed by atoms with Crippen molar-refractivity contribution < 1.29 is 13.9 Å². The van der Waals surface area contributed by atoms with E-state index < -0.39 is 5.97 Å². The van der Waals surface area contributed by atoms with Crippen molar-refractivity contribution in [3.05, 3.63) is 53.1 Å². The van der Waals surface area contributed by atoms with Crippen molar-refractivity contribution in [2.75, 3.05) is 20.2 Å². The lowest BCUT2D eigenvalue weighted by Crippen LogP contribution is -2.27. The van der Waals surface area contributed by atoms with E-state index >= 15 is 0 Å². The van der Waals surface area contributed by atoms with Gasteiger partial charge in [-0.1, -0.05) is 13.8 Å². The van der Waals surface area contributed by atoms with Crippen molar-refractivity contribution in [1.29, 1.82) is 0 Å². The lowest BCUT2D eigenvalue weighted by Gasteiger charge is -2.24. The van der Waals surface area contributed by atoms with E-state index in [1.54, 1.807) is 16.8 Å². The number of fused-ring (bicyclic) bond motifs is 1. The second-order valence-corrected chi connectivity index (χ2v) is 7.74. The van der Waals surface area contributed by atoms with Crippen LogP contribution >= 0.6 is 0 Å². The molecule has 0 atom stereocenters. The van der Waals surface area contributed by atoms with Crippen LogP contribution in [-0.4, -0.2) is 40.9 Å². The lowest BCUT2D eigenvalue weighted by atomic mass is 9.87. The summed E-state index contributed by atoms with van der Waals surface area (Å²) in [7, 11) is 1.36. The summed E-state index contributed by atoms with van der Waals surface area (Å²) in [4.78, 5) is 17.0. The Bertz CT molecular complexity index is 1040. The Morgan fingerprint density at radius 3 is 2.55 bits per heavy atom. The number of carbonyl (C=O) groups is 1. The quantitative estimate of drug-likeness (QED) is 0.677. The topological polar surface area (TPSA) is 69.0 Å². The second kappa shape index (κ2) is 7.91. The number of nitrogens with zero attached hydrogens (tertiary/aromatic N) is 3. The van der Waals surface area contributed by atoms with Crippen molar-refractivity contribution in [2.24, 2.45) is 0 Å². The predicted molar refractivity (Wildman–Crippen MR) is 109 cm³/mol. The highest BCUT2D eigenvalue weighted by atomic mass is 19.1. The smallest absolute Gasteiger partial charge is 0.356 e. The third-order valence-corrected chi connectivity index (χ3v) is 5.49. The van der Waals surface area contributed by atoms with Gasteiger partial charge in [0.05, 0.1) is 18.5 Å². The molecule has 29 heavy (non-hydrogen) atoms. The van der Waals surface area contributed by atoms with Crippen LogP contribution in [0.4, 0.5) is 4.39 Å². The van der Waals surface area contributed by atoms with E-state index in [-0.39, 0.29) is 17.4 Å². The molecule has 6 nitrogen and oxygen atoms in total. The monoisotopic (exact) mass is 396 g/mol. The summed E-state index contributed by atoms with van der Waals surface area (Å²) in [6, 6.07) is 8.00. The van der Waals surface area contributed by atoms with Gasteiger partial charge >= 0.3 is 5.97 Å². The molecule has 0 aliphatic carbocycles. The minimum atomic E-state index is -0.472. The molecule has 7 heteroatoms. The molecule has 0 saturated carbocycles. The zero-order valence-corrected chi connectivity index (χ0v) is 16.9. The Balaban J connectivity index is 2.01. The molecule has 152 valence electrons. The number of hydrogen-bond acceptors (Lipinski definition) is 5. The highest BCUT2D eigenvalue weighted by molar-refractivity contribution is 5.93. The van der Waals surface area contributed by atoms with Gasteiger partial charge in [0.1, 0.15) is 5.82 Å². The molecule has 0 bridgehead atoms. The summed E-state index contributed by atoms with van der Waals surface area (Å²) >= 11 is 0. The first-order valence-electron chi connectivity index (χ1n) is 9.98. The average Bonchev–Trinajstić information content (AvgIpc) is 3.13. The highest BCUT2D eigenvalue weighted by Gasteiger charge is 2.27. The minimum Gasteiger partial charge on any atom is -0.464 e. The number of ether oxygens (including phenoxy) is 1.